The molecule has 0 saturated heterocycles. The first-order valence-electron chi connectivity index (χ1n) is 2.83. The zero-order valence-corrected chi connectivity index (χ0v) is 6.55. The molecule has 0 atom stereocenters. The first-order chi connectivity index (χ1) is 3.81. The topological polar surface area (TPSA) is 41.1 Å². The van der Waals surface area contributed by atoms with Crippen LogP contribution in [0, 0.1) is 0 Å². The van der Waals surface area contributed by atoms with Gasteiger partial charge in [0.15, 0.2) is 0 Å². The number of hydrogen-bond donors (Lipinski definition) is 2. The third-order valence-corrected chi connectivity index (χ3v) is 0.675. The lowest BCUT2D eigenvalue weighted by atomic mass is 10.7. The van der Waals surface area contributed by atoms with E-state index in [-0.39, 0.29) is 18.4 Å². The highest BCUT2D eigenvalue weighted by Crippen LogP contribution is 1.60. The molecule has 0 aromatic rings. The second-order valence-electron chi connectivity index (χ2n) is 1.39. The quantitative estimate of drug-likeness (QED) is 0.603. The molecule has 0 radical (unpaired) electrons. The van der Waals surface area contributed by atoms with Crippen molar-refractivity contribution in [3.63, 3.8) is 0 Å². The van der Waals surface area contributed by atoms with Crippen LogP contribution in [0.3, 0.4) is 0 Å². The summed E-state index contributed by atoms with van der Waals surface area (Å²) in [6.45, 7) is 5.14. The molecule has 4 heteroatoms. The molecule has 0 bridgehead atoms. The SMILES string of the molecule is CCNC(=O)NCC.Cl. The van der Waals surface area contributed by atoms with E-state index >= 15 is 0 Å². The number of carbonyl (C=O) groups excluding carboxylic acids is 1. The molecule has 0 heterocycles. The second-order valence-corrected chi connectivity index (χ2v) is 1.39. The lowest BCUT2D eigenvalue weighted by Crippen LogP contribution is -2.34. The van der Waals surface area contributed by atoms with E-state index in [1.54, 1.807) is 0 Å². The lowest BCUT2D eigenvalue weighted by Gasteiger charge is -1.99. The van der Waals surface area contributed by atoms with Crippen LogP contribution in [-0.4, -0.2) is 19.1 Å². The summed E-state index contributed by atoms with van der Waals surface area (Å²) in [4.78, 5) is 10.4. The lowest BCUT2D eigenvalue weighted by molar-refractivity contribution is 0.242. The molecular formula is C5H13ClN2O. The maximum Gasteiger partial charge on any atom is 0.314 e. The van der Waals surface area contributed by atoms with Gasteiger partial charge in [-0.05, 0) is 13.8 Å². The Morgan fingerprint density at radius 3 is 1.78 bits per heavy atom. The summed E-state index contributed by atoms with van der Waals surface area (Å²) in [5.41, 5.74) is 0. The minimum absolute atomic E-state index is 0. The van der Waals surface area contributed by atoms with Gasteiger partial charge in [-0.15, -0.1) is 12.4 Å². The van der Waals surface area contributed by atoms with Gasteiger partial charge in [0.05, 0.1) is 0 Å². The van der Waals surface area contributed by atoms with Gasteiger partial charge in [-0.2, -0.15) is 0 Å². The van der Waals surface area contributed by atoms with Crippen LogP contribution in [0.2, 0.25) is 0 Å². The van der Waals surface area contributed by atoms with Gasteiger partial charge >= 0.3 is 6.03 Å². The first kappa shape index (κ1) is 11.4. The molecule has 2 amide bonds. The van der Waals surface area contributed by atoms with E-state index in [0.717, 1.165) is 0 Å². The highest BCUT2D eigenvalue weighted by molar-refractivity contribution is 5.85. The molecule has 0 aliphatic carbocycles. The van der Waals surface area contributed by atoms with Crippen molar-refractivity contribution in [2.24, 2.45) is 0 Å². The molecule has 0 aromatic carbocycles. The average molecular weight is 153 g/mol. The first-order valence-corrected chi connectivity index (χ1v) is 2.83. The number of hydrogen-bond acceptors (Lipinski definition) is 1. The Kier molecular flexibility index (Phi) is 9.55. The third-order valence-electron chi connectivity index (χ3n) is 0.675. The van der Waals surface area contributed by atoms with Crippen molar-refractivity contribution >= 4 is 18.4 Å². The van der Waals surface area contributed by atoms with Crippen LogP contribution in [-0.2, 0) is 0 Å². The van der Waals surface area contributed by atoms with Crippen molar-refractivity contribution in [2.75, 3.05) is 13.1 Å². The Hall–Kier alpha value is -0.440. The van der Waals surface area contributed by atoms with Crippen molar-refractivity contribution in [3.05, 3.63) is 0 Å². The van der Waals surface area contributed by atoms with Crippen molar-refractivity contribution in [1.29, 1.82) is 0 Å². The Labute approximate surface area is 61.6 Å². The van der Waals surface area contributed by atoms with Crippen molar-refractivity contribution in [1.82, 2.24) is 10.6 Å². The normalized spacial score (nSPS) is 7.33. The Bertz CT molecular complexity index is 69.4. The van der Waals surface area contributed by atoms with Gasteiger partial charge in [-0.1, -0.05) is 0 Å². The standard InChI is InChI=1S/C5H12N2O.ClH/c1-3-6-5(8)7-4-2;/h3-4H2,1-2H3,(H2,6,7,8);1H. The summed E-state index contributed by atoms with van der Waals surface area (Å²) in [7, 11) is 0. The number of amides is 2. The molecule has 0 aliphatic heterocycles. The van der Waals surface area contributed by atoms with E-state index in [1.807, 2.05) is 13.8 Å². The molecule has 0 aliphatic rings. The molecule has 0 aromatic heterocycles. The molecule has 0 saturated carbocycles. The fourth-order valence-corrected chi connectivity index (χ4v) is 0.384. The molecule has 0 unspecified atom stereocenters. The van der Waals surface area contributed by atoms with E-state index in [9.17, 15) is 4.79 Å². The van der Waals surface area contributed by atoms with Crippen LogP contribution < -0.4 is 10.6 Å². The average Bonchev–Trinajstić information content (AvgIpc) is 1.68. The molecule has 56 valence electrons. The van der Waals surface area contributed by atoms with E-state index in [4.69, 9.17) is 0 Å². The zero-order valence-electron chi connectivity index (χ0n) is 5.73. The van der Waals surface area contributed by atoms with Crippen LogP contribution in [0.15, 0.2) is 0 Å². The minimum Gasteiger partial charge on any atom is -0.338 e. The maximum absolute atomic E-state index is 10.4. The maximum atomic E-state index is 10.4. The third kappa shape index (κ3) is 7.56. The zero-order chi connectivity index (χ0) is 6.41. The number of urea groups is 1. The van der Waals surface area contributed by atoms with E-state index in [2.05, 4.69) is 10.6 Å². The molecule has 9 heavy (non-hydrogen) atoms. The fourth-order valence-electron chi connectivity index (χ4n) is 0.384. The number of halogens is 1. The Morgan fingerprint density at radius 1 is 1.22 bits per heavy atom. The number of rotatable bonds is 2. The van der Waals surface area contributed by atoms with Crippen molar-refractivity contribution < 1.29 is 4.79 Å². The second kappa shape index (κ2) is 7.56. The minimum atomic E-state index is -0.0880. The molecule has 3 nitrogen and oxygen atoms in total. The smallest absolute Gasteiger partial charge is 0.314 e. The number of nitrogens with one attached hydrogen (secondary N) is 2. The number of carbonyl (C=O) groups is 1. The van der Waals surface area contributed by atoms with Crippen molar-refractivity contribution in [2.45, 2.75) is 13.8 Å². The van der Waals surface area contributed by atoms with Gasteiger partial charge in [0, 0.05) is 13.1 Å². The van der Waals surface area contributed by atoms with Crippen LogP contribution in [0.4, 0.5) is 4.79 Å². The van der Waals surface area contributed by atoms with Gasteiger partial charge in [0.1, 0.15) is 0 Å². The van der Waals surface area contributed by atoms with Crippen LogP contribution in [0.25, 0.3) is 0 Å². The van der Waals surface area contributed by atoms with Crippen molar-refractivity contribution in [3.8, 4) is 0 Å². The summed E-state index contributed by atoms with van der Waals surface area (Å²) in [6.07, 6.45) is 0. The molecule has 0 rings (SSSR count). The highest BCUT2D eigenvalue weighted by Gasteiger charge is 1.89. The van der Waals surface area contributed by atoms with Crippen LogP contribution >= 0.6 is 12.4 Å². The fraction of sp³-hybridized carbons (Fsp3) is 0.800. The van der Waals surface area contributed by atoms with E-state index in [0.29, 0.717) is 13.1 Å². The summed E-state index contributed by atoms with van der Waals surface area (Å²) in [6, 6.07) is -0.0880. The van der Waals surface area contributed by atoms with E-state index in [1.165, 1.54) is 0 Å². The molecule has 0 spiro atoms. The van der Waals surface area contributed by atoms with Gasteiger partial charge in [0.2, 0.25) is 0 Å². The summed E-state index contributed by atoms with van der Waals surface area (Å²) >= 11 is 0. The summed E-state index contributed by atoms with van der Waals surface area (Å²) in [5, 5.41) is 5.19. The van der Waals surface area contributed by atoms with E-state index < -0.39 is 0 Å². The van der Waals surface area contributed by atoms with Gasteiger partial charge in [0.25, 0.3) is 0 Å². The van der Waals surface area contributed by atoms with Crippen LogP contribution in [0.5, 0.6) is 0 Å². The van der Waals surface area contributed by atoms with Crippen LogP contribution in [0.1, 0.15) is 13.8 Å². The monoisotopic (exact) mass is 152 g/mol. The highest BCUT2D eigenvalue weighted by atomic mass is 35.5. The largest absolute Gasteiger partial charge is 0.338 e. The Balaban J connectivity index is 0. The summed E-state index contributed by atoms with van der Waals surface area (Å²) < 4.78 is 0. The van der Waals surface area contributed by atoms with Gasteiger partial charge in [-0.25, -0.2) is 4.79 Å². The molecule has 0 fully saturated rings. The van der Waals surface area contributed by atoms with Gasteiger partial charge in [-0.3, -0.25) is 0 Å². The van der Waals surface area contributed by atoms with Gasteiger partial charge < -0.3 is 10.6 Å². The molecular weight excluding hydrogens is 140 g/mol. The summed E-state index contributed by atoms with van der Waals surface area (Å²) in [5.74, 6) is 0. The predicted octanol–water partition coefficient (Wildman–Crippen LogP) is 0.747. The Morgan fingerprint density at radius 2 is 1.56 bits per heavy atom. The molecule has 2 N–H and O–H groups in total. The predicted molar refractivity (Wildman–Crippen MR) is 40.0 cm³/mol.